The predicted octanol–water partition coefficient (Wildman–Crippen LogP) is 2.77. The fraction of sp³-hybridized carbons (Fsp3) is 0.588. The zero-order chi connectivity index (χ0) is 15.7. The second-order valence-corrected chi connectivity index (χ2v) is 6.48. The second-order valence-electron chi connectivity index (χ2n) is 6.48. The highest BCUT2D eigenvalue weighted by Gasteiger charge is 2.58. The van der Waals surface area contributed by atoms with Crippen molar-refractivity contribution < 1.29 is 14.3 Å². The Labute approximate surface area is 126 Å². The van der Waals surface area contributed by atoms with Crippen molar-refractivity contribution in [1.82, 2.24) is 5.32 Å². The molecule has 4 nitrogen and oxygen atoms in total. The molecule has 0 aromatic heterocycles. The van der Waals surface area contributed by atoms with Gasteiger partial charge in [0.25, 0.3) is 5.91 Å². The van der Waals surface area contributed by atoms with Gasteiger partial charge in [-0.3, -0.25) is 4.79 Å². The third-order valence-corrected chi connectivity index (χ3v) is 5.15. The number of benzene rings is 1. The highest BCUT2D eigenvalue weighted by atomic mass is 16.5. The minimum Gasteiger partial charge on any atom is -0.380 e. The maximum Gasteiger partial charge on any atom is 0.251 e. The van der Waals surface area contributed by atoms with Crippen LogP contribution in [-0.4, -0.2) is 31.8 Å². The number of nitrogens with one attached hydrogen (secondary N) is 1. The molecule has 0 unspecified atom stereocenters. The number of ether oxygens (including phenoxy) is 2. The van der Waals surface area contributed by atoms with Crippen molar-refractivity contribution in [2.45, 2.75) is 45.4 Å². The standard InChI is InChI=1S/C17H25NO3/c1-16(2)14(10-17(16,3)21-5)18-15(19)13-9-7-6-8-12(13)11-20-4/h6-9,14H,10-11H2,1-5H3,(H,18,19)/t14-,17-/m0/s1. The highest BCUT2D eigenvalue weighted by molar-refractivity contribution is 5.96. The van der Waals surface area contributed by atoms with E-state index < -0.39 is 0 Å². The molecule has 4 heteroatoms. The molecule has 2 rings (SSSR count). The van der Waals surface area contributed by atoms with E-state index in [-0.39, 0.29) is 23.0 Å². The summed E-state index contributed by atoms with van der Waals surface area (Å²) in [7, 11) is 3.36. The van der Waals surface area contributed by atoms with Gasteiger partial charge in [0.1, 0.15) is 0 Å². The van der Waals surface area contributed by atoms with E-state index in [1.165, 1.54) is 0 Å². The Hall–Kier alpha value is -1.39. The summed E-state index contributed by atoms with van der Waals surface area (Å²) in [4.78, 5) is 12.5. The lowest BCUT2D eigenvalue weighted by atomic mass is 9.56. The molecule has 2 atom stereocenters. The average molecular weight is 291 g/mol. The maximum atomic E-state index is 12.5. The Morgan fingerprint density at radius 3 is 2.52 bits per heavy atom. The summed E-state index contributed by atoms with van der Waals surface area (Å²) in [5.74, 6) is -0.0427. The summed E-state index contributed by atoms with van der Waals surface area (Å²) in [6.45, 7) is 6.79. The predicted molar refractivity (Wildman–Crippen MR) is 82.2 cm³/mol. The third-order valence-electron chi connectivity index (χ3n) is 5.15. The van der Waals surface area contributed by atoms with Crippen LogP contribution in [0.3, 0.4) is 0 Å². The van der Waals surface area contributed by atoms with Crippen molar-refractivity contribution in [3.05, 3.63) is 35.4 Å². The summed E-state index contributed by atoms with van der Waals surface area (Å²) >= 11 is 0. The minimum atomic E-state index is -0.184. The van der Waals surface area contributed by atoms with Crippen LogP contribution in [0.15, 0.2) is 24.3 Å². The number of amides is 1. The molecule has 1 aliphatic carbocycles. The first-order chi connectivity index (χ1) is 9.85. The van der Waals surface area contributed by atoms with Gasteiger partial charge in [-0.15, -0.1) is 0 Å². The Morgan fingerprint density at radius 1 is 1.29 bits per heavy atom. The Balaban J connectivity index is 2.10. The molecule has 116 valence electrons. The fourth-order valence-electron chi connectivity index (χ4n) is 2.98. The lowest BCUT2D eigenvalue weighted by Gasteiger charge is -2.59. The summed E-state index contributed by atoms with van der Waals surface area (Å²) < 4.78 is 10.8. The van der Waals surface area contributed by atoms with Gasteiger partial charge in [0, 0.05) is 31.2 Å². The van der Waals surface area contributed by atoms with Gasteiger partial charge in [0.15, 0.2) is 0 Å². The Bertz CT molecular complexity index is 527. The van der Waals surface area contributed by atoms with E-state index >= 15 is 0 Å². The van der Waals surface area contributed by atoms with Crippen molar-refractivity contribution in [3.8, 4) is 0 Å². The van der Waals surface area contributed by atoms with Crippen molar-refractivity contribution in [3.63, 3.8) is 0 Å². The molecule has 0 aliphatic heterocycles. The van der Waals surface area contributed by atoms with Gasteiger partial charge in [-0.2, -0.15) is 0 Å². The molecule has 0 spiro atoms. The summed E-state index contributed by atoms with van der Waals surface area (Å²) in [6.07, 6.45) is 0.828. The minimum absolute atomic E-state index is 0.0427. The third kappa shape index (κ3) is 2.70. The van der Waals surface area contributed by atoms with Gasteiger partial charge < -0.3 is 14.8 Å². The van der Waals surface area contributed by atoms with Crippen molar-refractivity contribution in [2.75, 3.05) is 14.2 Å². The van der Waals surface area contributed by atoms with E-state index in [0.29, 0.717) is 12.2 Å². The SMILES string of the molecule is COCc1ccccc1C(=O)N[C@H]1C[C@](C)(OC)C1(C)C. The first-order valence-corrected chi connectivity index (χ1v) is 7.28. The molecule has 1 aliphatic rings. The molecular weight excluding hydrogens is 266 g/mol. The fourth-order valence-corrected chi connectivity index (χ4v) is 2.98. The van der Waals surface area contributed by atoms with Crippen LogP contribution >= 0.6 is 0 Å². The molecule has 1 saturated carbocycles. The van der Waals surface area contributed by atoms with Crippen LogP contribution in [0.2, 0.25) is 0 Å². The molecule has 0 bridgehead atoms. The van der Waals surface area contributed by atoms with Crippen LogP contribution in [0, 0.1) is 5.41 Å². The van der Waals surface area contributed by atoms with Crippen LogP contribution < -0.4 is 5.32 Å². The van der Waals surface area contributed by atoms with E-state index in [2.05, 4.69) is 26.1 Å². The molecule has 1 amide bonds. The number of rotatable bonds is 5. The van der Waals surface area contributed by atoms with Crippen molar-refractivity contribution >= 4 is 5.91 Å². The monoisotopic (exact) mass is 291 g/mol. The molecule has 1 N–H and O–H groups in total. The Kier molecular flexibility index (Phi) is 4.40. The van der Waals surface area contributed by atoms with E-state index in [0.717, 1.165) is 12.0 Å². The van der Waals surface area contributed by atoms with E-state index in [1.54, 1.807) is 14.2 Å². The smallest absolute Gasteiger partial charge is 0.251 e. The summed E-state index contributed by atoms with van der Waals surface area (Å²) in [6, 6.07) is 7.67. The molecular formula is C17H25NO3. The lowest BCUT2D eigenvalue weighted by molar-refractivity contribution is -0.177. The second kappa shape index (κ2) is 5.78. The zero-order valence-corrected chi connectivity index (χ0v) is 13.5. The molecule has 21 heavy (non-hydrogen) atoms. The molecule has 0 heterocycles. The van der Waals surface area contributed by atoms with Crippen molar-refractivity contribution in [1.29, 1.82) is 0 Å². The number of hydrogen-bond donors (Lipinski definition) is 1. The van der Waals surface area contributed by atoms with Crippen LogP contribution in [0.1, 0.15) is 43.1 Å². The normalized spacial score (nSPS) is 27.0. The maximum absolute atomic E-state index is 12.5. The average Bonchev–Trinajstić information content (AvgIpc) is 2.47. The number of carbonyl (C=O) groups is 1. The van der Waals surface area contributed by atoms with E-state index in [4.69, 9.17) is 9.47 Å². The molecule has 1 fully saturated rings. The van der Waals surface area contributed by atoms with Crippen LogP contribution in [0.4, 0.5) is 0 Å². The van der Waals surface area contributed by atoms with Gasteiger partial charge in [-0.05, 0) is 25.0 Å². The molecule has 1 aromatic rings. The number of methoxy groups -OCH3 is 2. The first-order valence-electron chi connectivity index (χ1n) is 7.28. The topological polar surface area (TPSA) is 47.6 Å². The lowest BCUT2D eigenvalue weighted by Crippen LogP contribution is -2.68. The van der Waals surface area contributed by atoms with E-state index in [1.807, 2.05) is 24.3 Å². The van der Waals surface area contributed by atoms with Gasteiger partial charge in [0.05, 0.1) is 12.2 Å². The van der Waals surface area contributed by atoms with Gasteiger partial charge in [0.2, 0.25) is 0 Å². The largest absolute Gasteiger partial charge is 0.380 e. The molecule has 0 saturated heterocycles. The molecule has 1 aromatic carbocycles. The molecule has 0 radical (unpaired) electrons. The number of hydrogen-bond acceptors (Lipinski definition) is 3. The summed E-state index contributed by atoms with van der Waals surface area (Å²) in [5.41, 5.74) is 1.32. The van der Waals surface area contributed by atoms with E-state index in [9.17, 15) is 4.79 Å². The van der Waals surface area contributed by atoms with Gasteiger partial charge in [-0.1, -0.05) is 32.0 Å². The van der Waals surface area contributed by atoms with Crippen LogP contribution in [0.5, 0.6) is 0 Å². The van der Waals surface area contributed by atoms with Gasteiger partial charge >= 0.3 is 0 Å². The quantitative estimate of drug-likeness (QED) is 0.907. The van der Waals surface area contributed by atoms with Crippen LogP contribution in [-0.2, 0) is 16.1 Å². The van der Waals surface area contributed by atoms with Crippen LogP contribution in [0.25, 0.3) is 0 Å². The highest BCUT2D eigenvalue weighted by Crippen LogP contribution is 2.51. The summed E-state index contributed by atoms with van der Waals surface area (Å²) in [5, 5.41) is 3.14. The van der Waals surface area contributed by atoms with Crippen molar-refractivity contribution in [2.24, 2.45) is 5.41 Å². The Morgan fingerprint density at radius 2 is 1.95 bits per heavy atom. The zero-order valence-electron chi connectivity index (χ0n) is 13.5. The first kappa shape index (κ1) is 16.0. The number of carbonyl (C=O) groups excluding carboxylic acids is 1. The van der Waals surface area contributed by atoms with Gasteiger partial charge in [-0.25, -0.2) is 0 Å².